The van der Waals surface area contributed by atoms with E-state index < -0.39 is 27.9 Å². The number of hydrogen-bond donors (Lipinski definition) is 3. The van der Waals surface area contributed by atoms with Crippen molar-refractivity contribution in [3.8, 4) is 5.75 Å². The molecule has 186 valence electrons. The number of carbonyl (C=O) groups excluding carboxylic acids is 2. The molecule has 0 bridgehead atoms. The fraction of sp³-hybridized carbons (Fsp3) is 0.280. The first-order valence-corrected chi connectivity index (χ1v) is 12.4. The molecule has 35 heavy (non-hydrogen) atoms. The van der Waals surface area contributed by atoms with E-state index in [0.717, 1.165) is 11.1 Å². The van der Waals surface area contributed by atoms with E-state index in [4.69, 9.17) is 9.15 Å². The van der Waals surface area contributed by atoms with Crippen LogP contribution in [0.4, 0.5) is 0 Å². The molecule has 1 heterocycles. The Kier molecular flexibility index (Phi) is 7.98. The van der Waals surface area contributed by atoms with Crippen molar-refractivity contribution in [1.82, 2.24) is 15.6 Å². The summed E-state index contributed by atoms with van der Waals surface area (Å²) in [7, 11) is -3.98. The molecule has 0 radical (unpaired) electrons. The van der Waals surface area contributed by atoms with E-state index in [-0.39, 0.29) is 17.3 Å². The molecule has 0 saturated heterocycles. The smallest absolute Gasteiger partial charge is 0.305 e. The molecular formula is C25H29N3O6S. The molecule has 10 heteroatoms. The lowest BCUT2D eigenvalue weighted by Crippen LogP contribution is -2.51. The Hall–Kier alpha value is -3.63. The first-order valence-electron chi connectivity index (χ1n) is 11.0. The summed E-state index contributed by atoms with van der Waals surface area (Å²) in [4.78, 5) is 24.9. The van der Waals surface area contributed by atoms with Gasteiger partial charge < -0.3 is 9.15 Å². The summed E-state index contributed by atoms with van der Waals surface area (Å²) < 4.78 is 39.4. The van der Waals surface area contributed by atoms with E-state index >= 15 is 0 Å². The Morgan fingerprint density at radius 3 is 2.20 bits per heavy atom. The van der Waals surface area contributed by atoms with Crippen LogP contribution in [-0.4, -0.2) is 26.3 Å². The molecule has 0 saturated carbocycles. The topological polar surface area (TPSA) is 127 Å². The number of carbonyl (C=O) groups is 2. The van der Waals surface area contributed by atoms with Gasteiger partial charge in [0.2, 0.25) is 10.0 Å². The maximum Gasteiger partial charge on any atom is 0.305 e. The van der Waals surface area contributed by atoms with Crippen molar-refractivity contribution in [3.05, 3.63) is 82.3 Å². The van der Waals surface area contributed by atoms with E-state index in [1.54, 1.807) is 32.0 Å². The van der Waals surface area contributed by atoms with Crippen molar-refractivity contribution in [1.29, 1.82) is 0 Å². The molecule has 0 spiro atoms. The number of para-hydroxylation sites is 1. The quantitative estimate of drug-likeness (QED) is 0.409. The molecule has 0 aliphatic heterocycles. The van der Waals surface area contributed by atoms with Crippen LogP contribution in [0.3, 0.4) is 0 Å². The number of hydrogen-bond acceptors (Lipinski definition) is 6. The minimum Gasteiger partial charge on any atom is -0.486 e. The zero-order valence-corrected chi connectivity index (χ0v) is 21.1. The fourth-order valence-electron chi connectivity index (χ4n) is 3.47. The number of rotatable bonds is 8. The lowest BCUT2D eigenvalue weighted by atomic mass is 10.0. The van der Waals surface area contributed by atoms with E-state index in [1.807, 2.05) is 38.1 Å². The molecule has 1 atom stereocenters. The van der Waals surface area contributed by atoms with Crippen LogP contribution in [0.25, 0.3) is 0 Å². The minimum atomic E-state index is -3.98. The predicted octanol–water partition coefficient (Wildman–Crippen LogP) is 3.22. The number of amides is 2. The second kappa shape index (κ2) is 10.7. The van der Waals surface area contributed by atoms with Gasteiger partial charge in [0, 0.05) is 0 Å². The molecule has 0 aliphatic rings. The van der Waals surface area contributed by atoms with Gasteiger partial charge in [-0.1, -0.05) is 24.3 Å². The van der Waals surface area contributed by atoms with Crippen molar-refractivity contribution in [3.63, 3.8) is 0 Å². The van der Waals surface area contributed by atoms with Crippen LogP contribution in [0, 0.1) is 27.7 Å². The van der Waals surface area contributed by atoms with E-state index in [1.165, 1.54) is 13.0 Å². The zero-order chi connectivity index (χ0) is 25.8. The SMILES string of the molecule is Cc1cc(C)c(C)c(S(=O)(=O)N[C@@H](C)C(=O)NNC(=O)c2ccc(COc3ccccc3)o2)c1C. The second-order valence-corrected chi connectivity index (χ2v) is 9.89. The van der Waals surface area contributed by atoms with Gasteiger partial charge in [-0.3, -0.25) is 20.4 Å². The lowest BCUT2D eigenvalue weighted by Gasteiger charge is -2.19. The zero-order valence-electron chi connectivity index (χ0n) is 20.3. The van der Waals surface area contributed by atoms with Crippen LogP contribution < -0.4 is 20.3 Å². The Labute approximate surface area is 204 Å². The van der Waals surface area contributed by atoms with Gasteiger partial charge in [0.05, 0.1) is 10.9 Å². The van der Waals surface area contributed by atoms with Crippen LogP contribution >= 0.6 is 0 Å². The average molecular weight is 500 g/mol. The highest BCUT2D eigenvalue weighted by Gasteiger charge is 2.27. The summed E-state index contributed by atoms with van der Waals surface area (Å²) in [5.74, 6) is -0.386. The molecule has 2 aromatic carbocycles. The molecule has 0 aliphatic carbocycles. The molecule has 1 aromatic heterocycles. The average Bonchev–Trinajstić information content (AvgIpc) is 3.29. The summed E-state index contributed by atoms with van der Waals surface area (Å²) in [6.45, 7) is 8.63. The van der Waals surface area contributed by atoms with Crippen molar-refractivity contribution in [2.75, 3.05) is 0 Å². The van der Waals surface area contributed by atoms with E-state index in [9.17, 15) is 18.0 Å². The van der Waals surface area contributed by atoms with Gasteiger partial charge in [-0.05, 0) is 81.1 Å². The number of nitrogens with one attached hydrogen (secondary N) is 3. The third kappa shape index (κ3) is 6.28. The number of benzene rings is 2. The Morgan fingerprint density at radius 2 is 1.57 bits per heavy atom. The Morgan fingerprint density at radius 1 is 0.943 bits per heavy atom. The van der Waals surface area contributed by atoms with Gasteiger partial charge in [0.15, 0.2) is 5.76 Å². The summed E-state index contributed by atoms with van der Waals surface area (Å²) >= 11 is 0. The van der Waals surface area contributed by atoms with Gasteiger partial charge in [-0.25, -0.2) is 8.42 Å². The number of furan rings is 1. The maximum absolute atomic E-state index is 13.0. The number of aryl methyl sites for hydroxylation is 2. The highest BCUT2D eigenvalue weighted by atomic mass is 32.2. The fourth-order valence-corrected chi connectivity index (χ4v) is 5.28. The van der Waals surface area contributed by atoms with Crippen molar-refractivity contribution in [2.24, 2.45) is 0 Å². The van der Waals surface area contributed by atoms with Crippen molar-refractivity contribution in [2.45, 2.75) is 52.2 Å². The van der Waals surface area contributed by atoms with E-state index in [2.05, 4.69) is 15.6 Å². The van der Waals surface area contributed by atoms with Crippen LogP contribution in [0.5, 0.6) is 5.75 Å². The first-order chi connectivity index (χ1) is 16.5. The van der Waals surface area contributed by atoms with Crippen LogP contribution in [-0.2, 0) is 21.4 Å². The summed E-state index contributed by atoms with van der Waals surface area (Å²) in [5, 5.41) is 0. The van der Waals surface area contributed by atoms with Crippen molar-refractivity contribution >= 4 is 21.8 Å². The number of hydrazine groups is 1. The molecule has 3 aromatic rings. The van der Waals surface area contributed by atoms with Crippen LogP contribution in [0.2, 0.25) is 0 Å². The highest BCUT2D eigenvalue weighted by molar-refractivity contribution is 7.89. The minimum absolute atomic E-state index is 0.0355. The van der Waals surface area contributed by atoms with Crippen LogP contribution in [0.1, 0.15) is 45.5 Å². The predicted molar refractivity (Wildman–Crippen MR) is 130 cm³/mol. The Balaban J connectivity index is 1.57. The standard InChI is InChI=1S/C25H29N3O6S/c1-15-13-16(2)18(4)23(17(15)3)35(31,32)28-19(5)24(29)26-27-25(30)22-12-11-21(34-22)14-33-20-9-7-6-8-10-20/h6-13,19,28H,14H2,1-5H3,(H,26,29)(H,27,30)/t19-/m0/s1. The molecule has 0 fully saturated rings. The maximum atomic E-state index is 13.0. The van der Waals surface area contributed by atoms with Gasteiger partial charge in [0.1, 0.15) is 18.1 Å². The summed E-state index contributed by atoms with van der Waals surface area (Å²) in [6.07, 6.45) is 0. The number of ether oxygens (including phenoxy) is 1. The van der Waals surface area contributed by atoms with Crippen molar-refractivity contribution < 1.29 is 27.2 Å². The van der Waals surface area contributed by atoms with Gasteiger partial charge in [0.25, 0.3) is 5.91 Å². The Bertz CT molecular complexity index is 1310. The monoisotopic (exact) mass is 499 g/mol. The largest absolute Gasteiger partial charge is 0.486 e. The third-order valence-electron chi connectivity index (χ3n) is 5.60. The van der Waals surface area contributed by atoms with E-state index in [0.29, 0.717) is 22.6 Å². The summed E-state index contributed by atoms with van der Waals surface area (Å²) in [5.41, 5.74) is 7.35. The molecular weight excluding hydrogens is 470 g/mol. The molecule has 0 unspecified atom stereocenters. The first kappa shape index (κ1) is 26.0. The molecule has 2 amide bonds. The van der Waals surface area contributed by atoms with Gasteiger partial charge in [-0.2, -0.15) is 4.72 Å². The number of sulfonamides is 1. The van der Waals surface area contributed by atoms with Crippen LogP contribution in [0.15, 0.2) is 57.8 Å². The highest BCUT2D eigenvalue weighted by Crippen LogP contribution is 2.26. The molecule has 9 nitrogen and oxygen atoms in total. The molecule has 3 rings (SSSR count). The van der Waals surface area contributed by atoms with Gasteiger partial charge >= 0.3 is 5.91 Å². The van der Waals surface area contributed by atoms with Gasteiger partial charge in [-0.15, -0.1) is 0 Å². The summed E-state index contributed by atoms with van der Waals surface area (Å²) in [6, 6.07) is 12.9. The molecule has 3 N–H and O–H groups in total. The second-order valence-electron chi connectivity index (χ2n) is 8.24. The normalized spacial score (nSPS) is 12.1. The third-order valence-corrected chi connectivity index (χ3v) is 7.41. The lowest BCUT2D eigenvalue weighted by molar-refractivity contribution is -0.123.